The molecule has 0 aliphatic carbocycles. The third-order valence-electron chi connectivity index (χ3n) is 5.67. The minimum Gasteiger partial charge on any atom is -0.413 e. The van der Waals surface area contributed by atoms with Crippen LogP contribution in [0.5, 0.6) is 0 Å². The van der Waals surface area contributed by atoms with Gasteiger partial charge in [0.05, 0.1) is 25.0 Å². The average Bonchev–Trinajstić information content (AvgIpc) is 2.59. The predicted molar refractivity (Wildman–Crippen MR) is 112 cm³/mol. The first-order valence-electron chi connectivity index (χ1n) is 9.48. The summed E-state index contributed by atoms with van der Waals surface area (Å²) < 4.78 is 6.48. The minimum absolute atomic E-state index is 0.0483. The van der Waals surface area contributed by atoms with Gasteiger partial charge < -0.3 is 4.43 Å². The summed E-state index contributed by atoms with van der Waals surface area (Å²) in [5.41, 5.74) is 0.743. The quantitative estimate of drug-likeness (QED) is 0.348. The van der Waals surface area contributed by atoms with Gasteiger partial charge >= 0.3 is 0 Å². The Morgan fingerprint density at radius 1 is 1.25 bits per heavy atom. The molecule has 0 fully saturated rings. The van der Waals surface area contributed by atoms with E-state index >= 15 is 0 Å². The van der Waals surface area contributed by atoms with Crippen LogP contribution in [0.2, 0.25) is 18.1 Å². The average molecular weight is 411 g/mol. The molecular weight excluding hydrogens is 376 g/mol. The molecule has 0 spiro atoms. The van der Waals surface area contributed by atoms with Gasteiger partial charge in [-0.3, -0.25) is 19.7 Å². The van der Waals surface area contributed by atoms with Gasteiger partial charge in [0.25, 0.3) is 5.91 Å². The molecular formula is C20H34N2O5Si. The van der Waals surface area contributed by atoms with Gasteiger partial charge in [-0.25, -0.2) is 5.06 Å². The fraction of sp³-hybridized carbons (Fsp3) is 0.650. The SMILES string of the molecule is CON(C)C(=O)[C@@H]([C@H](C[N+](=O)[O-])c1ccccc1)[C@@H](C)O[Si](C)(C)C(C)(C)C. The Kier molecular flexibility index (Phi) is 8.34. The lowest BCUT2D eigenvalue weighted by Gasteiger charge is -2.41. The summed E-state index contributed by atoms with van der Waals surface area (Å²) in [4.78, 5) is 29.3. The highest BCUT2D eigenvalue weighted by molar-refractivity contribution is 6.74. The van der Waals surface area contributed by atoms with E-state index in [0.717, 1.165) is 10.6 Å². The molecule has 1 aromatic rings. The number of carbonyl (C=O) groups excluding carboxylic acids is 1. The molecule has 0 saturated carbocycles. The largest absolute Gasteiger partial charge is 0.413 e. The first-order valence-corrected chi connectivity index (χ1v) is 12.4. The van der Waals surface area contributed by atoms with Crippen molar-refractivity contribution in [3.05, 3.63) is 46.0 Å². The van der Waals surface area contributed by atoms with Crippen molar-refractivity contribution in [2.45, 2.75) is 57.8 Å². The zero-order valence-corrected chi connectivity index (χ0v) is 19.3. The van der Waals surface area contributed by atoms with Crippen LogP contribution >= 0.6 is 0 Å². The lowest BCUT2D eigenvalue weighted by Crippen LogP contribution is -2.50. The molecule has 0 bridgehead atoms. The van der Waals surface area contributed by atoms with Gasteiger partial charge in [-0.15, -0.1) is 0 Å². The van der Waals surface area contributed by atoms with Crippen molar-refractivity contribution in [3.8, 4) is 0 Å². The van der Waals surface area contributed by atoms with Crippen LogP contribution in [-0.4, -0.2) is 51.0 Å². The second-order valence-corrected chi connectivity index (χ2v) is 13.4. The number of amides is 1. The number of rotatable bonds is 9. The van der Waals surface area contributed by atoms with E-state index in [0.29, 0.717) is 0 Å². The molecule has 0 aliphatic heterocycles. The number of benzene rings is 1. The standard InChI is InChI=1S/C20H34N2O5Si/c1-15(27-28(7,8)20(2,3)4)18(19(23)21(5)26-6)17(14-22(24)25)16-12-10-9-11-13-16/h9-13,15,17-18H,14H2,1-8H3/t15-,17-,18-/m1/s1. The van der Waals surface area contributed by atoms with Crippen LogP contribution in [0.25, 0.3) is 0 Å². The van der Waals surface area contributed by atoms with Crippen molar-refractivity contribution in [2.75, 3.05) is 20.7 Å². The number of nitrogens with zero attached hydrogens (tertiary/aromatic N) is 2. The summed E-state index contributed by atoms with van der Waals surface area (Å²) in [5.74, 6) is -1.70. The zero-order chi connectivity index (χ0) is 21.7. The van der Waals surface area contributed by atoms with Gasteiger partial charge in [0, 0.05) is 12.0 Å². The molecule has 7 nitrogen and oxygen atoms in total. The van der Waals surface area contributed by atoms with Crippen LogP contribution < -0.4 is 0 Å². The molecule has 0 saturated heterocycles. The third kappa shape index (κ3) is 6.12. The molecule has 0 aromatic heterocycles. The Morgan fingerprint density at radius 2 is 1.79 bits per heavy atom. The zero-order valence-electron chi connectivity index (χ0n) is 18.3. The smallest absolute Gasteiger partial charge is 0.252 e. The number of hydrogen-bond donors (Lipinski definition) is 0. The predicted octanol–water partition coefficient (Wildman–Crippen LogP) is 4.09. The maximum atomic E-state index is 13.2. The Hall–Kier alpha value is -1.77. The molecule has 28 heavy (non-hydrogen) atoms. The van der Waals surface area contributed by atoms with Gasteiger partial charge in [0.1, 0.15) is 0 Å². The van der Waals surface area contributed by atoms with E-state index < -0.39 is 26.3 Å². The first kappa shape index (κ1) is 24.3. The van der Waals surface area contributed by atoms with Crippen LogP contribution in [0.15, 0.2) is 30.3 Å². The van der Waals surface area contributed by atoms with Crippen molar-refractivity contribution in [2.24, 2.45) is 5.92 Å². The first-order chi connectivity index (χ1) is 12.8. The summed E-state index contributed by atoms with van der Waals surface area (Å²) in [7, 11) is 0.729. The normalized spacial score (nSPS) is 15.6. The lowest BCUT2D eigenvalue weighted by atomic mass is 9.82. The number of carbonyl (C=O) groups is 1. The van der Waals surface area contributed by atoms with Crippen molar-refractivity contribution in [1.29, 1.82) is 0 Å². The number of hydroxylamine groups is 2. The van der Waals surface area contributed by atoms with Crippen molar-refractivity contribution < 1.29 is 19.0 Å². The fourth-order valence-electron chi connectivity index (χ4n) is 3.00. The van der Waals surface area contributed by atoms with E-state index in [2.05, 4.69) is 33.9 Å². The molecule has 0 aliphatic rings. The highest BCUT2D eigenvalue weighted by Crippen LogP contribution is 2.40. The Morgan fingerprint density at radius 3 is 2.21 bits per heavy atom. The topological polar surface area (TPSA) is 81.9 Å². The highest BCUT2D eigenvalue weighted by atomic mass is 28.4. The summed E-state index contributed by atoms with van der Waals surface area (Å²) >= 11 is 0. The molecule has 0 heterocycles. The van der Waals surface area contributed by atoms with Crippen LogP contribution in [0.4, 0.5) is 0 Å². The second-order valence-electron chi connectivity index (χ2n) is 8.66. The monoisotopic (exact) mass is 410 g/mol. The van der Waals surface area contributed by atoms with Gasteiger partial charge in [0.15, 0.2) is 8.32 Å². The fourth-order valence-corrected chi connectivity index (χ4v) is 4.43. The van der Waals surface area contributed by atoms with Crippen LogP contribution in [-0.2, 0) is 14.1 Å². The Labute approximate surface area is 169 Å². The van der Waals surface area contributed by atoms with Gasteiger partial charge in [-0.1, -0.05) is 51.1 Å². The summed E-state index contributed by atoms with van der Waals surface area (Å²) in [6.07, 6.45) is -0.504. The molecule has 3 atom stereocenters. The van der Waals surface area contributed by atoms with E-state index in [1.165, 1.54) is 14.2 Å². The van der Waals surface area contributed by atoms with E-state index in [-0.39, 0.29) is 22.4 Å². The number of hydrogen-bond acceptors (Lipinski definition) is 5. The van der Waals surface area contributed by atoms with Gasteiger partial charge in [-0.2, -0.15) is 0 Å². The lowest BCUT2D eigenvalue weighted by molar-refractivity contribution is -0.485. The van der Waals surface area contributed by atoms with Crippen molar-refractivity contribution >= 4 is 14.2 Å². The highest BCUT2D eigenvalue weighted by Gasteiger charge is 2.45. The van der Waals surface area contributed by atoms with Crippen molar-refractivity contribution in [3.63, 3.8) is 0 Å². The molecule has 1 rings (SSSR count). The Bertz CT molecular complexity index is 660. The molecule has 158 valence electrons. The van der Waals surface area contributed by atoms with E-state index in [1.807, 2.05) is 37.3 Å². The summed E-state index contributed by atoms with van der Waals surface area (Å²) in [6, 6.07) is 9.13. The summed E-state index contributed by atoms with van der Waals surface area (Å²) in [5, 5.41) is 12.5. The maximum Gasteiger partial charge on any atom is 0.252 e. The van der Waals surface area contributed by atoms with E-state index in [9.17, 15) is 14.9 Å². The third-order valence-corrected chi connectivity index (χ3v) is 10.2. The van der Waals surface area contributed by atoms with Crippen LogP contribution in [0.3, 0.4) is 0 Å². The van der Waals surface area contributed by atoms with Gasteiger partial charge in [0.2, 0.25) is 6.54 Å². The molecule has 1 amide bonds. The molecule has 0 N–H and O–H groups in total. The van der Waals surface area contributed by atoms with Gasteiger partial charge in [-0.05, 0) is 30.6 Å². The van der Waals surface area contributed by atoms with Crippen molar-refractivity contribution in [1.82, 2.24) is 5.06 Å². The minimum atomic E-state index is -2.19. The van der Waals surface area contributed by atoms with Crippen LogP contribution in [0, 0.1) is 16.0 Å². The maximum absolute atomic E-state index is 13.2. The molecule has 8 heteroatoms. The molecule has 0 radical (unpaired) electrons. The van der Waals surface area contributed by atoms with Crippen LogP contribution in [0.1, 0.15) is 39.2 Å². The summed E-state index contributed by atoms with van der Waals surface area (Å²) in [6.45, 7) is 12.1. The number of nitro groups is 1. The second kappa shape index (κ2) is 9.62. The molecule has 0 unspecified atom stereocenters. The van der Waals surface area contributed by atoms with E-state index in [1.54, 1.807) is 0 Å². The van der Waals surface area contributed by atoms with E-state index in [4.69, 9.17) is 9.26 Å². The molecule has 1 aromatic carbocycles. The Balaban J connectivity index is 3.39.